The van der Waals surface area contributed by atoms with E-state index in [1.807, 2.05) is 0 Å². The maximum atomic E-state index is 12.8. The summed E-state index contributed by atoms with van der Waals surface area (Å²) in [5.74, 6) is -2.37. The first kappa shape index (κ1) is 17.6. The van der Waals surface area contributed by atoms with E-state index in [0.29, 0.717) is 12.1 Å². The number of hydrogen-bond donors (Lipinski definition) is 1. The molecule has 7 heteroatoms. The smallest absolute Gasteiger partial charge is 0.251 e. The van der Waals surface area contributed by atoms with Crippen molar-refractivity contribution in [3.05, 3.63) is 0 Å². The molecule has 2 aliphatic heterocycles. The molecule has 3 rings (SSSR count). The second-order valence-corrected chi connectivity index (χ2v) is 4.91. The van der Waals surface area contributed by atoms with Crippen molar-refractivity contribution in [3.63, 3.8) is 0 Å². The third-order valence-electron chi connectivity index (χ3n) is 3.93. The molecule has 1 N–H and O–H groups in total. The summed E-state index contributed by atoms with van der Waals surface area (Å²) in [6.07, 6.45) is 2.58. The molecule has 2 nitrogen and oxygen atoms in total. The third-order valence-corrected chi connectivity index (χ3v) is 3.93. The van der Waals surface area contributed by atoms with Crippen molar-refractivity contribution in [2.24, 2.45) is 0 Å². The first-order valence-corrected chi connectivity index (χ1v) is 5.52. The van der Waals surface area contributed by atoms with Crippen molar-refractivity contribution in [2.75, 3.05) is 13.1 Å². The Labute approximate surface area is 119 Å². The predicted molar refractivity (Wildman–Crippen MR) is 71.2 cm³/mol. The van der Waals surface area contributed by atoms with Crippen LogP contribution in [0.15, 0.2) is 0 Å². The van der Waals surface area contributed by atoms with Crippen LogP contribution in [0.1, 0.15) is 25.7 Å². The van der Waals surface area contributed by atoms with Crippen LogP contribution in [0.5, 0.6) is 0 Å². The van der Waals surface area contributed by atoms with Crippen LogP contribution in [0, 0.1) is 0 Å². The van der Waals surface area contributed by atoms with Gasteiger partial charge in [-0.2, -0.15) is 0 Å². The molecule has 2 heterocycles. The first-order chi connectivity index (χ1) is 6.66. The molecule has 3 aliphatic rings. The van der Waals surface area contributed by atoms with Crippen LogP contribution in [0.4, 0.5) is 8.78 Å². The lowest BCUT2D eigenvalue weighted by molar-refractivity contribution is -0.136. The summed E-state index contributed by atoms with van der Waals surface area (Å²) in [5.41, 5.74) is 0. The molecule has 2 bridgehead atoms. The average Bonchev–Trinajstić information content (AvgIpc) is 2.30. The number of rotatable bonds is 1. The van der Waals surface area contributed by atoms with Crippen molar-refractivity contribution in [3.8, 4) is 0 Å². The molecule has 1 aliphatic carbocycles. The Morgan fingerprint density at radius 1 is 0.882 bits per heavy atom. The molecular formula is C10H19Cl3F2N2. The number of piperazine rings is 1. The molecule has 0 aromatic carbocycles. The van der Waals surface area contributed by atoms with Gasteiger partial charge in [-0.1, -0.05) is 0 Å². The molecule has 104 valence electrons. The summed E-state index contributed by atoms with van der Waals surface area (Å²) < 4.78 is 25.6. The Hall–Kier alpha value is 0.650. The van der Waals surface area contributed by atoms with Gasteiger partial charge in [-0.15, -0.1) is 37.2 Å². The van der Waals surface area contributed by atoms with Crippen molar-refractivity contribution in [1.82, 2.24) is 10.2 Å². The minimum absolute atomic E-state index is 0. The summed E-state index contributed by atoms with van der Waals surface area (Å²) in [4.78, 5) is 2.37. The predicted octanol–water partition coefficient (Wildman–Crippen LogP) is 2.49. The largest absolute Gasteiger partial charge is 0.314 e. The fourth-order valence-electron chi connectivity index (χ4n) is 3.25. The quantitative estimate of drug-likeness (QED) is 0.800. The molecule has 2 unspecified atom stereocenters. The summed E-state index contributed by atoms with van der Waals surface area (Å²) in [6.45, 7) is 2.00. The van der Waals surface area contributed by atoms with Gasteiger partial charge in [-0.05, 0) is 12.8 Å². The Bertz CT molecular complexity index is 232. The number of nitrogens with one attached hydrogen (secondary N) is 1. The molecule has 1 saturated carbocycles. The van der Waals surface area contributed by atoms with Crippen LogP contribution >= 0.6 is 37.2 Å². The van der Waals surface area contributed by atoms with Crippen LogP contribution in [0.25, 0.3) is 0 Å². The van der Waals surface area contributed by atoms with Crippen LogP contribution in [-0.4, -0.2) is 42.0 Å². The van der Waals surface area contributed by atoms with Gasteiger partial charge < -0.3 is 5.32 Å². The summed E-state index contributed by atoms with van der Waals surface area (Å²) >= 11 is 0. The van der Waals surface area contributed by atoms with Crippen LogP contribution < -0.4 is 5.32 Å². The zero-order valence-corrected chi connectivity index (χ0v) is 11.9. The van der Waals surface area contributed by atoms with Gasteiger partial charge in [0.05, 0.1) is 0 Å². The second kappa shape index (κ2) is 6.20. The van der Waals surface area contributed by atoms with Gasteiger partial charge in [0.2, 0.25) is 0 Å². The van der Waals surface area contributed by atoms with Crippen molar-refractivity contribution in [1.29, 1.82) is 0 Å². The SMILES string of the molecule is Cl.Cl.Cl.FC1(F)CC(N2C3CCC2CNC3)C1. The van der Waals surface area contributed by atoms with E-state index in [-0.39, 0.29) is 56.1 Å². The third kappa shape index (κ3) is 3.16. The minimum atomic E-state index is -2.37. The monoisotopic (exact) mass is 310 g/mol. The maximum absolute atomic E-state index is 12.8. The number of alkyl halides is 2. The highest BCUT2D eigenvalue weighted by Gasteiger charge is 2.52. The van der Waals surface area contributed by atoms with Crippen LogP contribution in [0.2, 0.25) is 0 Å². The lowest BCUT2D eigenvalue weighted by atomic mass is 9.85. The topological polar surface area (TPSA) is 15.3 Å². The lowest BCUT2D eigenvalue weighted by Gasteiger charge is -2.48. The van der Waals surface area contributed by atoms with Gasteiger partial charge >= 0.3 is 0 Å². The highest BCUT2D eigenvalue weighted by Crippen LogP contribution is 2.44. The Morgan fingerprint density at radius 3 is 1.76 bits per heavy atom. The zero-order valence-electron chi connectivity index (χ0n) is 9.40. The van der Waals surface area contributed by atoms with E-state index in [1.165, 1.54) is 12.8 Å². The maximum Gasteiger partial charge on any atom is 0.251 e. The Morgan fingerprint density at radius 2 is 1.35 bits per heavy atom. The molecular weight excluding hydrogens is 292 g/mol. The number of halogens is 5. The van der Waals surface area contributed by atoms with Gasteiger partial charge in [0.15, 0.2) is 0 Å². The van der Waals surface area contributed by atoms with Gasteiger partial charge in [-0.25, -0.2) is 8.78 Å². The van der Waals surface area contributed by atoms with E-state index in [2.05, 4.69) is 10.2 Å². The highest BCUT2D eigenvalue weighted by atomic mass is 35.5. The van der Waals surface area contributed by atoms with Crippen LogP contribution in [0.3, 0.4) is 0 Å². The number of nitrogens with zero attached hydrogens (tertiary/aromatic N) is 1. The zero-order chi connectivity index (χ0) is 9.76. The van der Waals surface area contributed by atoms with Crippen molar-refractivity contribution < 1.29 is 8.78 Å². The van der Waals surface area contributed by atoms with E-state index < -0.39 is 5.92 Å². The molecule has 0 spiro atoms. The molecule has 0 amide bonds. The standard InChI is InChI=1S/C10H16F2N2.3ClH/c11-10(12)3-9(4-10)14-7-1-2-8(14)6-13-5-7;;;/h7-9,13H,1-6H2;3*1H. The molecule has 17 heavy (non-hydrogen) atoms. The van der Waals surface area contributed by atoms with Crippen LogP contribution in [-0.2, 0) is 0 Å². The molecule has 0 radical (unpaired) electrons. The van der Waals surface area contributed by atoms with Crippen molar-refractivity contribution >= 4 is 37.2 Å². The normalized spacial score (nSPS) is 34.9. The van der Waals surface area contributed by atoms with Gasteiger partial charge in [-0.3, -0.25) is 4.90 Å². The first-order valence-electron chi connectivity index (χ1n) is 5.52. The van der Waals surface area contributed by atoms with Gasteiger partial charge in [0.25, 0.3) is 5.92 Å². The summed E-state index contributed by atoms with van der Waals surface area (Å²) in [7, 11) is 0. The molecule has 0 aromatic heterocycles. The Balaban J connectivity index is 0.000000853. The van der Waals surface area contributed by atoms with Gasteiger partial charge in [0, 0.05) is 44.1 Å². The lowest BCUT2D eigenvalue weighted by Crippen LogP contribution is -2.61. The van der Waals surface area contributed by atoms with E-state index in [4.69, 9.17) is 0 Å². The van der Waals surface area contributed by atoms with Gasteiger partial charge in [0.1, 0.15) is 0 Å². The van der Waals surface area contributed by atoms with E-state index in [0.717, 1.165) is 13.1 Å². The minimum Gasteiger partial charge on any atom is -0.314 e. The number of fused-ring (bicyclic) bond motifs is 2. The molecule has 2 saturated heterocycles. The molecule has 0 aromatic rings. The van der Waals surface area contributed by atoms with E-state index in [9.17, 15) is 8.78 Å². The molecule has 2 atom stereocenters. The van der Waals surface area contributed by atoms with Crippen molar-refractivity contribution in [2.45, 2.75) is 49.7 Å². The fraction of sp³-hybridized carbons (Fsp3) is 1.00. The van der Waals surface area contributed by atoms with E-state index in [1.54, 1.807) is 0 Å². The second-order valence-electron chi connectivity index (χ2n) is 4.91. The van der Waals surface area contributed by atoms with E-state index >= 15 is 0 Å². The fourth-order valence-corrected chi connectivity index (χ4v) is 3.25. The molecule has 3 fully saturated rings. The highest BCUT2D eigenvalue weighted by molar-refractivity contribution is 5.86. The Kier molecular flexibility index (Phi) is 6.44. The summed E-state index contributed by atoms with van der Waals surface area (Å²) in [6, 6.07) is 1.24. The summed E-state index contributed by atoms with van der Waals surface area (Å²) in [5, 5.41) is 3.37. The number of hydrogen-bond acceptors (Lipinski definition) is 2. The average molecular weight is 312 g/mol.